The van der Waals surface area contributed by atoms with E-state index in [1.807, 2.05) is 0 Å². The lowest BCUT2D eigenvalue weighted by atomic mass is 9.94. The summed E-state index contributed by atoms with van der Waals surface area (Å²) in [6, 6.07) is -0.716. The molecule has 0 aromatic rings. The average molecular weight is 306 g/mol. The number of imide groups is 1. The van der Waals surface area contributed by atoms with Crippen molar-refractivity contribution in [1.82, 2.24) is 10.2 Å². The number of methoxy groups -OCH3 is 1. The van der Waals surface area contributed by atoms with Crippen molar-refractivity contribution < 1.29 is 23.9 Å². The summed E-state index contributed by atoms with van der Waals surface area (Å²) in [5, 5.41) is 2.22. The van der Waals surface area contributed by atoms with Crippen LogP contribution in [-0.2, 0) is 23.9 Å². The van der Waals surface area contributed by atoms with E-state index in [1.54, 1.807) is 6.08 Å². The fraction of sp³-hybridized carbons (Fsp3) is 0.467. The summed E-state index contributed by atoms with van der Waals surface area (Å²) in [6.45, 7) is 0. The molecule has 118 valence electrons. The van der Waals surface area contributed by atoms with Crippen LogP contribution in [0.3, 0.4) is 0 Å². The van der Waals surface area contributed by atoms with Gasteiger partial charge in [-0.15, -0.1) is 0 Å². The van der Waals surface area contributed by atoms with Gasteiger partial charge in [0.05, 0.1) is 12.7 Å². The van der Waals surface area contributed by atoms with Crippen LogP contribution in [0.2, 0.25) is 0 Å². The van der Waals surface area contributed by atoms with Gasteiger partial charge in [0.15, 0.2) is 6.29 Å². The normalized spacial score (nSPS) is 21.9. The molecule has 0 spiro atoms. The van der Waals surface area contributed by atoms with E-state index in [9.17, 15) is 19.2 Å². The summed E-state index contributed by atoms with van der Waals surface area (Å²) in [5.41, 5.74) is 0.461. The predicted molar refractivity (Wildman–Crippen MR) is 76.4 cm³/mol. The first kappa shape index (κ1) is 15.9. The minimum Gasteiger partial charge on any atom is -0.500 e. The SMILES string of the molecule is COC1=C(C=O)C(C(=O)N(C)C2CCC(=O)NC2=O)=CCC1. The lowest BCUT2D eigenvalue weighted by Crippen LogP contribution is -2.53. The van der Waals surface area contributed by atoms with Gasteiger partial charge in [-0.25, -0.2) is 0 Å². The largest absolute Gasteiger partial charge is 0.500 e. The van der Waals surface area contributed by atoms with Gasteiger partial charge in [-0.3, -0.25) is 24.5 Å². The van der Waals surface area contributed by atoms with Crippen LogP contribution < -0.4 is 5.32 Å². The number of hydrogen-bond donors (Lipinski definition) is 1. The number of rotatable bonds is 4. The maximum absolute atomic E-state index is 12.6. The monoisotopic (exact) mass is 306 g/mol. The van der Waals surface area contributed by atoms with Gasteiger partial charge in [0.25, 0.3) is 5.91 Å². The van der Waals surface area contributed by atoms with Crippen LogP contribution in [0, 0.1) is 0 Å². The van der Waals surface area contributed by atoms with E-state index in [2.05, 4.69) is 5.32 Å². The minimum atomic E-state index is -0.716. The summed E-state index contributed by atoms with van der Waals surface area (Å²) in [7, 11) is 2.95. The Morgan fingerprint density at radius 2 is 2.14 bits per heavy atom. The highest BCUT2D eigenvalue weighted by Crippen LogP contribution is 2.26. The van der Waals surface area contributed by atoms with Gasteiger partial charge in [0.2, 0.25) is 11.8 Å². The highest BCUT2D eigenvalue weighted by Gasteiger charge is 2.34. The maximum Gasteiger partial charge on any atom is 0.254 e. The molecular weight excluding hydrogens is 288 g/mol. The standard InChI is InChI=1S/C15H18N2O5/c1-17(11-6-7-13(19)16-14(11)20)15(21)9-4-3-5-12(22-2)10(9)8-18/h4,8,11H,3,5-7H2,1-2H3,(H,16,19,20). The van der Waals surface area contributed by atoms with Gasteiger partial charge in [0.1, 0.15) is 11.8 Å². The third-order valence-electron chi connectivity index (χ3n) is 3.90. The van der Waals surface area contributed by atoms with Crippen LogP contribution in [0.4, 0.5) is 0 Å². The summed E-state index contributed by atoms with van der Waals surface area (Å²) >= 11 is 0. The molecule has 0 saturated carbocycles. The highest BCUT2D eigenvalue weighted by molar-refractivity contribution is 6.08. The zero-order chi connectivity index (χ0) is 16.3. The van der Waals surface area contributed by atoms with E-state index in [0.29, 0.717) is 24.9 Å². The molecular formula is C15H18N2O5. The number of carbonyl (C=O) groups excluding carboxylic acids is 4. The van der Waals surface area contributed by atoms with Crippen molar-refractivity contribution in [2.24, 2.45) is 0 Å². The summed E-state index contributed by atoms with van der Waals surface area (Å²) in [6.07, 6.45) is 3.88. The Balaban J connectivity index is 2.22. The molecule has 0 bridgehead atoms. The Morgan fingerprint density at radius 1 is 1.41 bits per heavy atom. The molecule has 0 radical (unpaired) electrons. The van der Waals surface area contributed by atoms with E-state index < -0.39 is 17.9 Å². The van der Waals surface area contributed by atoms with Crippen molar-refractivity contribution in [2.45, 2.75) is 31.7 Å². The number of likely N-dealkylation sites (N-methyl/N-ethyl adjacent to an activating group) is 1. The molecule has 1 heterocycles. The fourth-order valence-corrected chi connectivity index (χ4v) is 2.67. The quantitative estimate of drug-likeness (QED) is 0.586. The van der Waals surface area contributed by atoms with Crippen molar-refractivity contribution in [2.75, 3.05) is 14.2 Å². The molecule has 0 aromatic heterocycles. The number of aldehydes is 1. The lowest BCUT2D eigenvalue weighted by Gasteiger charge is -2.31. The molecule has 2 rings (SSSR count). The van der Waals surface area contributed by atoms with E-state index in [0.717, 1.165) is 0 Å². The number of nitrogens with zero attached hydrogens (tertiary/aromatic N) is 1. The van der Waals surface area contributed by atoms with E-state index >= 15 is 0 Å². The molecule has 1 atom stereocenters. The van der Waals surface area contributed by atoms with Crippen LogP contribution in [-0.4, -0.2) is 49.1 Å². The first-order valence-corrected chi connectivity index (χ1v) is 7.03. The van der Waals surface area contributed by atoms with Crippen molar-refractivity contribution in [3.8, 4) is 0 Å². The molecule has 7 nitrogen and oxygen atoms in total. The Hall–Kier alpha value is -2.44. The van der Waals surface area contributed by atoms with Crippen LogP contribution in [0.25, 0.3) is 0 Å². The molecule has 3 amide bonds. The molecule has 1 fully saturated rings. The van der Waals surface area contributed by atoms with E-state index in [1.165, 1.54) is 19.1 Å². The van der Waals surface area contributed by atoms with Gasteiger partial charge in [-0.05, 0) is 12.8 Å². The number of hydrogen-bond acceptors (Lipinski definition) is 5. The van der Waals surface area contributed by atoms with Crippen LogP contribution >= 0.6 is 0 Å². The predicted octanol–water partition coefficient (Wildman–Crippen LogP) is 0.0696. The van der Waals surface area contributed by atoms with Crippen molar-refractivity contribution in [3.05, 3.63) is 23.0 Å². The zero-order valence-electron chi connectivity index (χ0n) is 12.5. The third kappa shape index (κ3) is 2.93. The molecule has 1 unspecified atom stereocenters. The van der Waals surface area contributed by atoms with Crippen molar-refractivity contribution in [3.63, 3.8) is 0 Å². The van der Waals surface area contributed by atoms with Gasteiger partial charge in [-0.2, -0.15) is 0 Å². The topological polar surface area (TPSA) is 92.8 Å². The molecule has 1 saturated heterocycles. The Morgan fingerprint density at radius 3 is 2.73 bits per heavy atom. The lowest BCUT2D eigenvalue weighted by molar-refractivity contribution is -0.142. The van der Waals surface area contributed by atoms with Gasteiger partial charge in [0, 0.05) is 25.5 Å². The number of nitrogens with one attached hydrogen (secondary N) is 1. The molecule has 1 aliphatic heterocycles. The summed E-state index contributed by atoms with van der Waals surface area (Å²) in [4.78, 5) is 48.2. The molecule has 1 aliphatic carbocycles. The van der Waals surface area contributed by atoms with Crippen LogP contribution in [0.1, 0.15) is 25.7 Å². The smallest absolute Gasteiger partial charge is 0.254 e. The van der Waals surface area contributed by atoms with Gasteiger partial charge in [-0.1, -0.05) is 6.08 Å². The third-order valence-corrected chi connectivity index (χ3v) is 3.90. The molecule has 0 aromatic carbocycles. The molecule has 1 N–H and O–H groups in total. The van der Waals surface area contributed by atoms with Crippen molar-refractivity contribution >= 4 is 24.0 Å². The minimum absolute atomic E-state index is 0.187. The Bertz CT molecular complexity index is 591. The number of carbonyl (C=O) groups is 4. The molecule has 7 heteroatoms. The summed E-state index contributed by atoms with van der Waals surface area (Å²) < 4.78 is 5.15. The maximum atomic E-state index is 12.6. The second kappa shape index (κ2) is 6.55. The first-order valence-electron chi connectivity index (χ1n) is 7.03. The van der Waals surface area contributed by atoms with E-state index in [4.69, 9.17) is 4.74 Å². The zero-order valence-corrected chi connectivity index (χ0v) is 12.5. The number of piperidine rings is 1. The first-order chi connectivity index (χ1) is 10.5. The second-order valence-corrected chi connectivity index (χ2v) is 5.20. The number of ether oxygens (including phenoxy) is 1. The number of amides is 3. The van der Waals surface area contributed by atoms with E-state index in [-0.39, 0.29) is 29.9 Å². The van der Waals surface area contributed by atoms with Crippen LogP contribution in [0.5, 0.6) is 0 Å². The Labute approximate surface area is 128 Å². The number of allylic oxidation sites excluding steroid dienone is 2. The molecule has 2 aliphatic rings. The fourth-order valence-electron chi connectivity index (χ4n) is 2.67. The molecule has 22 heavy (non-hydrogen) atoms. The van der Waals surface area contributed by atoms with Crippen molar-refractivity contribution in [1.29, 1.82) is 0 Å². The highest BCUT2D eigenvalue weighted by atomic mass is 16.5. The van der Waals surface area contributed by atoms with Crippen LogP contribution in [0.15, 0.2) is 23.0 Å². The summed E-state index contributed by atoms with van der Waals surface area (Å²) in [5.74, 6) is -0.787. The van der Waals surface area contributed by atoms with Gasteiger partial charge < -0.3 is 9.64 Å². The Kier molecular flexibility index (Phi) is 4.75. The average Bonchev–Trinajstić information content (AvgIpc) is 2.52. The van der Waals surface area contributed by atoms with Gasteiger partial charge >= 0.3 is 0 Å². The second-order valence-electron chi connectivity index (χ2n) is 5.20.